The first kappa shape index (κ1) is 16.1. The largest absolute Gasteiger partial charge is 0.497 e. The molecule has 0 saturated carbocycles. The van der Waals surface area contributed by atoms with E-state index in [9.17, 15) is 4.79 Å². The molecule has 0 heterocycles. The van der Waals surface area contributed by atoms with E-state index in [1.165, 1.54) is 0 Å². The van der Waals surface area contributed by atoms with Crippen molar-refractivity contribution in [3.8, 4) is 5.75 Å². The van der Waals surface area contributed by atoms with Gasteiger partial charge in [0.1, 0.15) is 5.75 Å². The molecule has 0 aromatic heterocycles. The summed E-state index contributed by atoms with van der Waals surface area (Å²) in [5.74, 6) is 1.27. The zero-order valence-corrected chi connectivity index (χ0v) is 13.4. The SMILES string of the molecule is COc1ccc([C@@H](CC(C)C)NC(=O)c2ccccc2)cc1. The molecule has 1 amide bonds. The maximum absolute atomic E-state index is 12.4. The smallest absolute Gasteiger partial charge is 0.251 e. The highest BCUT2D eigenvalue weighted by Crippen LogP contribution is 2.24. The van der Waals surface area contributed by atoms with Crippen LogP contribution in [0.3, 0.4) is 0 Å². The third kappa shape index (κ3) is 4.35. The number of hydrogen-bond acceptors (Lipinski definition) is 2. The summed E-state index contributed by atoms with van der Waals surface area (Å²) in [7, 11) is 1.65. The summed E-state index contributed by atoms with van der Waals surface area (Å²) >= 11 is 0. The van der Waals surface area contributed by atoms with E-state index in [2.05, 4.69) is 19.2 Å². The molecule has 116 valence electrons. The first-order valence-electron chi connectivity index (χ1n) is 7.60. The Morgan fingerprint density at radius 1 is 1.05 bits per heavy atom. The molecule has 0 fully saturated rings. The summed E-state index contributed by atoms with van der Waals surface area (Å²) in [6.45, 7) is 4.32. The van der Waals surface area contributed by atoms with Gasteiger partial charge in [-0.25, -0.2) is 0 Å². The van der Waals surface area contributed by atoms with Crippen molar-refractivity contribution in [2.75, 3.05) is 7.11 Å². The van der Waals surface area contributed by atoms with E-state index in [1.54, 1.807) is 7.11 Å². The van der Waals surface area contributed by atoms with Crippen LogP contribution in [-0.2, 0) is 0 Å². The fourth-order valence-electron chi connectivity index (χ4n) is 2.42. The van der Waals surface area contributed by atoms with Crippen LogP contribution in [0, 0.1) is 5.92 Å². The molecule has 2 rings (SSSR count). The second kappa shape index (κ2) is 7.64. The van der Waals surface area contributed by atoms with Gasteiger partial charge in [0.2, 0.25) is 0 Å². The lowest BCUT2D eigenvalue weighted by Gasteiger charge is -2.21. The number of hydrogen-bond donors (Lipinski definition) is 1. The molecule has 22 heavy (non-hydrogen) atoms. The number of benzene rings is 2. The van der Waals surface area contributed by atoms with Crippen LogP contribution in [0.1, 0.15) is 42.2 Å². The summed E-state index contributed by atoms with van der Waals surface area (Å²) in [5, 5.41) is 3.14. The molecule has 2 aromatic carbocycles. The van der Waals surface area contributed by atoms with Crippen LogP contribution in [0.2, 0.25) is 0 Å². The number of nitrogens with one attached hydrogen (secondary N) is 1. The van der Waals surface area contributed by atoms with Crippen molar-refractivity contribution in [2.45, 2.75) is 26.3 Å². The van der Waals surface area contributed by atoms with E-state index < -0.39 is 0 Å². The fourth-order valence-corrected chi connectivity index (χ4v) is 2.42. The van der Waals surface area contributed by atoms with Crippen LogP contribution in [-0.4, -0.2) is 13.0 Å². The van der Waals surface area contributed by atoms with Gasteiger partial charge in [-0.15, -0.1) is 0 Å². The highest BCUT2D eigenvalue weighted by molar-refractivity contribution is 5.94. The Kier molecular flexibility index (Phi) is 5.59. The number of rotatable bonds is 6. The second-order valence-corrected chi connectivity index (χ2v) is 5.79. The summed E-state index contributed by atoms with van der Waals surface area (Å²) in [5.41, 5.74) is 1.78. The Balaban J connectivity index is 2.16. The molecule has 0 saturated heterocycles. The lowest BCUT2D eigenvalue weighted by Crippen LogP contribution is -2.29. The molecule has 0 bridgehead atoms. The monoisotopic (exact) mass is 297 g/mol. The minimum atomic E-state index is -0.0398. The Labute approximate surface area is 132 Å². The minimum Gasteiger partial charge on any atom is -0.497 e. The van der Waals surface area contributed by atoms with Gasteiger partial charge in [-0.05, 0) is 42.2 Å². The van der Waals surface area contributed by atoms with Crippen molar-refractivity contribution in [1.29, 1.82) is 0 Å². The topological polar surface area (TPSA) is 38.3 Å². The average Bonchev–Trinajstić information content (AvgIpc) is 2.54. The number of amides is 1. The Morgan fingerprint density at radius 2 is 1.68 bits per heavy atom. The van der Waals surface area contributed by atoms with Crippen molar-refractivity contribution in [1.82, 2.24) is 5.32 Å². The molecule has 0 aliphatic heterocycles. The van der Waals surface area contributed by atoms with Crippen LogP contribution in [0.15, 0.2) is 54.6 Å². The van der Waals surface area contributed by atoms with E-state index in [0.717, 1.165) is 17.7 Å². The highest BCUT2D eigenvalue weighted by atomic mass is 16.5. The Hall–Kier alpha value is -2.29. The van der Waals surface area contributed by atoms with Crippen LogP contribution >= 0.6 is 0 Å². The summed E-state index contributed by atoms with van der Waals surface area (Å²) in [4.78, 5) is 12.4. The second-order valence-electron chi connectivity index (χ2n) is 5.79. The van der Waals surface area contributed by atoms with E-state index in [1.807, 2.05) is 54.6 Å². The number of ether oxygens (including phenoxy) is 1. The first-order valence-corrected chi connectivity index (χ1v) is 7.60. The summed E-state index contributed by atoms with van der Waals surface area (Å²) in [6.07, 6.45) is 0.894. The predicted molar refractivity (Wildman–Crippen MR) is 89.1 cm³/mol. The maximum atomic E-state index is 12.4. The van der Waals surface area contributed by atoms with Crippen LogP contribution in [0.4, 0.5) is 0 Å². The zero-order chi connectivity index (χ0) is 15.9. The van der Waals surface area contributed by atoms with Gasteiger partial charge in [0.25, 0.3) is 5.91 Å². The molecular formula is C19H23NO2. The molecule has 3 heteroatoms. The highest BCUT2D eigenvalue weighted by Gasteiger charge is 2.17. The molecule has 0 aliphatic rings. The lowest BCUT2D eigenvalue weighted by atomic mass is 9.96. The predicted octanol–water partition coefficient (Wildman–Crippen LogP) is 4.21. The van der Waals surface area contributed by atoms with Gasteiger partial charge in [0, 0.05) is 5.56 Å². The van der Waals surface area contributed by atoms with Crippen molar-refractivity contribution >= 4 is 5.91 Å². The van der Waals surface area contributed by atoms with E-state index >= 15 is 0 Å². The molecular weight excluding hydrogens is 274 g/mol. The standard InChI is InChI=1S/C19H23NO2/c1-14(2)13-18(15-9-11-17(22-3)12-10-15)20-19(21)16-7-5-4-6-8-16/h4-12,14,18H,13H2,1-3H3,(H,20,21)/t18-/m1/s1. The molecule has 0 aliphatic carbocycles. The maximum Gasteiger partial charge on any atom is 0.251 e. The lowest BCUT2D eigenvalue weighted by molar-refractivity contribution is 0.0932. The average molecular weight is 297 g/mol. The van der Waals surface area contributed by atoms with Gasteiger partial charge in [0.15, 0.2) is 0 Å². The van der Waals surface area contributed by atoms with Gasteiger partial charge < -0.3 is 10.1 Å². The van der Waals surface area contributed by atoms with E-state index in [-0.39, 0.29) is 11.9 Å². The third-order valence-electron chi connectivity index (χ3n) is 3.57. The number of carbonyl (C=O) groups excluding carboxylic acids is 1. The summed E-state index contributed by atoms with van der Waals surface area (Å²) in [6, 6.07) is 17.2. The normalized spacial score (nSPS) is 12.0. The van der Waals surface area contributed by atoms with Crippen molar-refractivity contribution in [2.24, 2.45) is 5.92 Å². The number of carbonyl (C=O) groups is 1. The molecule has 0 radical (unpaired) electrons. The van der Waals surface area contributed by atoms with Gasteiger partial charge in [0.05, 0.1) is 13.2 Å². The van der Waals surface area contributed by atoms with E-state index in [4.69, 9.17) is 4.74 Å². The molecule has 0 spiro atoms. The quantitative estimate of drug-likeness (QED) is 0.867. The zero-order valence-electron chi connectivity index (χ0n) is 13.4. The Morgan fingerprint density at radius 3 is 2.23 bits per heavy atom. The first-order chi connectivity index (χ1) is 10.6. The summed E-state index contributed by atoms with van der Waals surface area (Å²) < 4.78 is 5.19. The minimum absolute atomic E-state index is 0.00128. The van der Waals surface area contributed by atoms with Crippen LogP contribution in [0.25, 0.3) is 0 Å². The number of methoxy groups -OCH3 is 1. The van der Waals surface area contributed by atoms with Gasteiger partial charge in [-0.1, -0.05) is 44.2 Å². The molecule has 3 nitrogen and oxygen atoms in total. The van der Waals surface area contributed by atoms with Crippen LogP contribution in [0.5, 0.6) is 5.75 Å². The fraction of sp³-hybridized carbons (Fsp3) is 0.316. The van der Waals surface area contributed by atoms with Crippen molar-refractivity contribution in [3.63, 3.8) is 0 Å². The Bertz CT molecular complexity index is 591. The van der Waals surface area contributed by atoms with Crippen molar-refractivity contribution < 1.29 is 9.53 Å². The van der Waals surface area contributed by atoms with Crippen molar-refractivity contribution in [3.05, 3.63) is 65.7 Å². The third-order valence-corrected chi connectivity index (χ3v) is 3.57. The van der Waals surface area contributed by atoms with Gasteiger partial charge in [-0.3, -0.25) is 4.79 Å². The van der Waals surface area contributed by atoms with Gasteiger partial charge in [-0.2, -0.15) is 0 Å². The van der Waals surface area contributed by atoms with E-state index in [0.29, 0.717) is 11.5 Å². The molecule has 1 N–H and O–H groups in total. The molecule has 1 atom stereocenters. The molecule has 2 aromatic rings. The van der Waals surface area contributed by atoms with Crippen LogP contribution < -0.4 is 10.1 Å². The van der Waals surface area contributed by atoms with Gasteiger partial charge >= 0.3 is 0 Å². The molecule has 0 unspecified atom stereocenters.